The predicted molar refractivity (Wildman–Crippen MR) is 65.2 cm³/mol. The molecule has 0 radical (unpaired) electrons. The third-order valence-electron chi connectivity index (χ3n) is 2.55. The highest BCUT2D eigenvalue weighted by Crippen LogP contribution is 2.30. The first-order valence-corrected chi connectivity index (χ1v) is 5.32. The van der Waals surface area contributed by atoms with Crippen LogP contribution in [0.5, 0.6) is 11.5 Å². The van der Waals surface area contributed by atoms with Gasteiger partial charge in [0.15, 0.2) is 0 Å². The number of methoxy groups -OCH3 is 2. The minimum Gasteiger partial charge on any atom is -0.497 e. The van der Waals surface area contributed by atoms with E-state index in [0.29, 0.717) is 11.5 Å². The number of hydrogen-bond donors (Lipinski definition) is 2. The first kappa shape index (κ1) is 13.3. The van der Waals surface area contributed by atoms with Crippen LogP contribution in [0.2, 0.25) is 0 Å². The number of carbonyl (C=O) groups is 1. The molecule has 17 heavy (non-hydrogen) atoms. The number of nitrogens with one attached hydrogen (secondary N) is 2. The standard InChI is InChI=1S/C12H18N2O3/c1-8(12(15)14-13-2)10-6-5-9(16-3)7-11(10)17-4/h5-8,13H,1-4H3,(H,14,15). The van der Waals surface area contributed by atoms with Gasteiger partial charge >= 0.3 is 0 Å². The average molecular weight is 238 g/mol. The van der Waals surface area contributed by atoms with Crippen LogP contribution in [0.15, 0.2) is 18.2 Å². The summed E-state index contributed by atoms with van der Waals surface area (Å²) in [6.07, 6.45) is 0. The van der Waals surface area contributed by atoms with Crippen LogP contribution in [0.1, 0.15) is 18.4 Å². The molecule has 94 valence electrons. The van der Waals surface area contributed by atoms with Crippen molar-refractivity contribution in [2.45, 2.75) is 12.8 Å². The largest absolute Gasteiger partial charge is 0.497 e. The Morgan fingerprint density at radius 1 is 1.29 bits per heavy atom. The number of rotatable bonds is 5. The van der Waals surface area contributed by atoms with Crippen LogP contribution in [0.25, 0.3) is 0 Å². The molecule has 1 atom stereocenters. The van der Waals surface area contributed by atoms with E-state index >= 15 is 0 Å². The summed E-state index contributed by atoms with van der Waals surface area (Å²) in [7, 11) is 4.81. The maximum atomic E-state index is 11.7. The minimum atomic E-state index is -0.302. The molecule has 1 amide bonds. The van der Waals surface area contributed by atoms with Gasteiger partial charge in [-0.15, -0.1) is 0 Å². The van der Waals surface area contributed by atoms with Crippen molar-refractivity contribution >= 4 is 5.91 Å². The van der Waals surface area contributed by atoms with Crippen molar-refractivity contribution in [1.82, 2.24) is 10.9 Å². The molecule has 1 aromatic carbocycles. The first-order valence-electron chi connectivity index (χ1n) is 5.32. The Morgan fingerprint density at radius 2 is 2.00 bits per heavy atom. The smallest absolute Gasteiger partial charge is 0.241 e. The molecular weight excluding hydrogens is 220 g/mol. The molecule has 5 nitrogen and oxygen atoms in total. The van der Waals surface area contributed by atoms with Gasteiger partial charge in [0, 0.05) is 18.7 Å². The molecule has 1 rings (SSSR count). The van der Waals surface area contributed by atoms with E-state index in [1.807, 2.05) is 13.0 Å². The third-order valence-corrected chi connectivity index (χ3v) is 2.55. The zero-order valence-electron chi connectivity index (χ0n) is 10.5. The van der Waals surface area contributed by atoms with Gasteiger partial charge in [-0.05, 0) is 13.0 Å². The third kappa shape index (κ3) is 3.10. The quantitative estimate of drug-likeness (QED) is 0.753. The van der Waals surface area contributed by atoms with Crippen LogP contribution >= 0.6 is 0 Å². The Morgan fingerprint density at radius 3 is 2.53 bits per heavy atom. The lowest BCUT2D eigenvalue weighted by atomic mass is 9.99. The van der Waals surface area contributed by atoms with Crippen molar-refractivity contribution in [3.8, 4) is 11.5 Å². The van der Waals surface area contributed by atoms with E-state index in [1.54, 1.807) is 33.4 Å². The second kappa shape index (κ2) is 6.10. The first-order chi connectivity index (χ1) is 8.13. The van der Waals surface area contributed by atoms with Gasteiger partial charge in [-0.25, -0.2) is 5.43 Å². The Kier molecular flexibility index (Phi) is 4.78. The second-order valence-corrected chi connectivity index (χ2v) is 3.57. The van der Waals surface area contributed by atoms with Gasteiger partial charge in [-0.1, -0.05) is 6.07 Å². The van der Waals surface area contributed by atoms with Crippen molar-refractivity contribution in [3.05, 3.63) is 23.8 Å². The predicted octanol–water partition coefficient (Wildman–Crippen LogP) is 1.06. The Balaban J connectivity index is 3.00. The molecule has 0 aliphatic heterocycles. The summed E-state index contributed by atoms with van der Waals surface area (Å²) in [4.78, 5) is 11.7. The molecule has 0 aliphatic rings. The van der Waals surface area contributed by atoms with Crippen molar-refractivity contribution in [2.75, 3.05) is 21.3 Å². The van der Waals surface area contributed by atoms with E-state index in [2.05, 4.69) is 10.9 Å². The van der Waals surface area contributed by atoms with E-state index in [1.165, 1.54) is 0 Å². The molecule has 0 saturated heterocycles. The van der Waals surface area contributed by atoms with E-state index < -0.39 is 0 Å². The summed E-state index contributed by atoms with van der Waals surface area (Å²) in [6.45, 7) is 1.82. The summed E-state index contributed by atoms with van der Waals surface area (Å²) < 4.78 is 10.4. The average Bonchev–Trinajstić information content (AvgIpc) is 2.37. The van der Waals surface area contributed by atoms with Crippen molar-refractivity contribution in [1.29, 1.82) is 0 Å². The van der Waals surface area contributed by atoms with Gasteiger partial charge in [-0.2, -0.15) is 0 Å². The van der Waals surface area contributed by atoms with Gasteiger partial charge in [0.2, 0.25) is 5.91 Å². The number of benzene rings is 1. The molecule has 0 aliphatic carbocycles. The molecule has 0 saturated carbocycles. The molecule has 0 aromatic heterocycles. The van der Waals surface area contributed by atoms with Crippen molar-refractivity contribution in [3.63, 3.8) is 0 Å². The number of amides is 1. The lowest BCUT2D eigenvalue weighted by Crippen LogP contribution is -2.37. The molecule has 0 spiro atoms. The Bertz CT molecular complexity index is 393. The monoisotopic (exact) mass is 238 g/mol. The molecule has 2 N–H and O–H groups in total. The second-order valence-electron chi connectivity index (χ2n) is 3.57. The highest BCUT2D eigenvalue weighted by atomic mass is 16.5. The summed E-state index contributed by atoms with van der Waals surface area (Å²) in [5.74, 6) is 0.925. The van der Waals surface area contributed by atoms with Crippen LogP contribution in [0, 0.1) is 0 Å². The fraction of sp³-hybridized carbons (Fsp3) is 0.417. The summed E-state index contributed by atoms with van der Waals surface area (Å²) in [6, 6.07) is 5.40. The topological polar surface area (TPSA) is 59.6 Å². The van der Waals surface area contributed by atoms with E-state index in [9.17, 15) is 4.79 Å². The number of hydrogen-bond acceptors (Lipinski definition) is 4. The van der Waals surface area contributed by atoms with Gasteiger partial charge in [0.25, 0.3) is 0 Å². The SMILES string of the molecule is CNNC(=O)C(C)c1ccc(OC)cc1OC. The highest BCUT2D eigenvalue weighted by molar-refractivity contribution is 5.83. The normalized spacial score (nSPS) is 11.8. The maximum Gasteiger partial charge on any atom is 0.241 e. The van der Waals surface area contributed by atoms with Crippen molar-refractivity contribution < 1.29 is 14.3 Å². The Hall–Kier alpha value is -1.75. The minimum absolute atomic E-state index is 0.115. The van der Waals surface area contributed by atoms with Crippen LogP contribution < -0.4 is 20.3 Å². The molecular formula is C12H18N2O3. The molecule has 1 aromatic rings. The van der Waals surface area contributed by atoms with Crippen LogP contribution in [0.4, 0.5) is 0 Å². The fourth-order valence-electron chi connectivity index (χ4n) is 1.55. The Labute approximate surface area is 101 Å². The van der Waals surface area contributed by atoms with E-state index in [0.717, 1.165) is 5.56 Å². The van der Waals surface area contributed by atoms with Crippen LogP contribution in [-0.4, -0.2) is 27.2 Å². The summed E-state index contributed by atoms with van der Waals surface area (Å²) in [5, 5.41) is 0. The van der Waals surface area contributed by atoms with Gasteiger partial charge in [0.1, 0.15) is 11.5 Å². The molecule has 0 fully saturated rings. The molecule has 0 bridgehead atoms. The fourth-order valence-corrected chi connectivity index (χ4v) is 1.55. The summed E-state index contributed by atoms with van der Waals surface area (Å²) >= 11 is 0. The molecule has 5 heteroatoms. The lowest BCUT2D eigenvalue weighted by molar-refractivity contribution is -0.123. The molecule has 1 unspecified atom stereocenters. The van der Waals surface area contributed by atoms with Gasteiger partial charge < -0.3 is 9.47 Å². The van der Waals surface area contributed by atoms with E-state index in [-0.39, 0.29) is 11.8 Å². The number of carbonyl (C=O) groups excluding carboxylic acids is 1. The number of ether oxygens (including phenoxy) is 2. The molecule has 0 heterocycles. The van der Waals surface area contributed by atoms with Crippen LogP contribution in [-0.2, 0) is 4.79 Å². The van der Waals surface area contributed by atoms with Gasteiger partial charge in [-0.3, -0.25) is 10.2 Å². The zero-order chi connectivity index (χ0) is 12.8. The van der Waals surface area contributed by atoms with E-state index in [4.69, 9.17) is 9.47 Å². The maximum absolute atomic E-state index is 11.7. The van der Waals surface area contributed by atoms with Crippen LogP contribution in [0.3, 0.4) is 0 Å². The number of hydrazine groups is 1. The summed E-state index contributed by atoms with van der Waals surface area (Å²) in [5.41, 5.74) is 5.98. The highest BCUT2D eigenvalue weighted by Gasteiger charge is 2.19. The van der Waals surface area contributed by atoms with Gasteiger partial charge in [0.05, 0.1) is 20.1 Å². The zero-order valence-corrected chi connectivity index (χ0v) is 10.5. The van der Waals surface area contributed by atoms with Crippen molar-refractivity contribution in [2.24, 2.45) is 0 Å². The lowest BCUT2D eigenvalue weighted by Gasteiger charge is -2.16.